The van der Waals surface area contributed by atoms with Gasteiger partial charge in [-0.05, 0) is 33.6 Å². The minimum Gasteiger partial charge on any atom is -0.465 e. The van der Waals surface area contributed by atoms with Crippen LogP contribution < -0.4 is 0 Å². The molecule has 0 unspecified atom stereocenters. The van der Waals surface area contributed by atoms with Crippen molar-refractivity contribution in [2.45, 2.75) is 89.5 Å². The molecule has 31 heavy (non-hydrogen) atoms. The van der Waals surface area contributed by atoms with E-state index in [1.54, 1.807) is 13.8 Å². The SMILES string of the molecule is CC(=O)O[C@H]1[C@]23CC(=O)OC[C@@]4(C)[C@@](C)(OC(C)=O)[C@@]1(O)O[C@@]42CC[C@]3(C)OC(C)=O. The van der Waals surface area contributed by atoms with Crippen LogP contribution in [0.15, 0.2) is 0 Å². The van der Waals surface area contributed by atoms with Gasteiger partial charge >= 0.3 is 23.9 Å². The van der Waals surface area contributed by atoms with Gasteiger partial charge in [0, 0.05) is 20.8 Å². The fraction of sp³-hybridized carbons (Fsp3) is 0.810. The number of ether oxygens (including phenoxy) is 5. The van der Waals surface area contributed by atoms with E-state index in [0.717, 1.165) is 6.92 Å². The standard InChI is InChI=1S/C21H28O10/c1-11(22)28-15-19-9-14(25)27-10-16(4)18(6,30-13(3)24)21(15,26)31-20(16,19)8-7-17(19,5)29-12(2)23/h15,26H,7-10H2,1-6H3/t15-,16-,17-,18+,19-,20-,21-/m0/s1. The van der Waals surface area contributed by atoms with Crippen LogP contribution in [0.4, 0.5) is 0 Å². The van der Waals surface area contributed by atoms with E-state index in [1.807, 2.05) is 0 Å². The maximum Gasteiger partial charge on any atom is 0.306 e. The number of esters is 4. The molecule has 0 aromatic carbocycles. The van der Waals surface area contributed by atoms with Crippen LogP contribution >= 0.6 is 0 Å². The monoisotopic (exact) mass is 440 g/mol. The molecule has 3 heterocycles. The second kappa shape index (κ2) is 5.98. The minimum absolute atomic E-state index is 0.206. The molecule has 1 spiro atoms. The lowest BCUT2D eigenvalue weighted by Crippen LogP contribution is -2.77. The third kappa shape index (κ3) is 2.15. The molecule has 10 heteroatoms. The van der Waals surface area contributed by atoms with E-state index in [-0.39, 0.29) is 25.9 Å². The highest BCUT2D eigenvalue weighted by atomic mass is 16.7. The lowest BCUT2D eigenvalue weighted by Gasteiger charge is -2.59. The number of rotatable bonds is 3. The van der Waals surface area contributed by atoms with Crippen molar-refractivity contribution in [3.8, 4) is 0 Å². The van der Waals surface area contributed by atoms with E-state index in [9.17, 15) is 24.3 Å². The van der Waals surface area contributed by atoms with Crippen molar-refractivity contribution in [3.05, 3.63) is 0 Å². The molecule has 2 bridgehead atoms. The summed E-state index contributed by atoms with van der Waals surface area (Å²) in [6, 6.07) is 0. The van der Waals surface area contributed by atoms with Gasteiger partial charge in [-0.25, -0.2) is 0 Å². The van der Waals surface area contributed by atoms with Gasteiger partial charge in [0.15, 0.2) is 11.7 Å². The predicted octanol–water partition coefficient (Wildman–Crippen LogP) is 0.766. The highest BCUT2D eigenvalue weighted by molar-refractivity contribution is 5.75. The number of fused-ring (bicyclic) bond motifs is 1. The number of aliphatic hydroxyl groups is 1. The van der Waals surface area contributed by atoms with Gasteiger partial charge < -0.3 is 28.8 Å². The van der Waals surface area contributed by atoms with Gasteiger partial charge in [0.25, 0.3) is 0 Å². The highest BCUT2D eigenvalue weighted by Gasteiger charge is 2.98. The maximum absolute atomic E-state index is 12.9. The van der Waals surface area contributed by atoms with Crippen LogP contribution in [0, 0.1) is 10.8 Å². The molecule has 4 rings (SSSR count). The molecular weight excluding hydrogens is 412 g/mol. The quantitative estimate of drug-likeness (QED) is 0.495. The smallest absolute Gasteiger partial charge is 0.306 e. The Morgan fingerprint density at radius 2 is 1.61 bits per heavy atom. The molecule has 7 atom stereocenters. The molecule has 1 N–H and O–H groups in total. The minimum atomic E-state index is -2.31. The summed E-state index contributed by atoms with van der Waals surface area (Å²) in [5.74, 6) is -4.94. The highest BCUT2D eigenvalue weighted by Crippen LogP contribution is 2.81. The fourth-order valence-corrected chi connectivity index (χ4v) is 7.04. The lowest BCUT2D eigenvalue weighted by molar-refractivity contribution is -0.310. The second-order valence-electron chi connectivity index (χ2n) is 9.71. The summed E-state index contributed by atoms with van der Waals surface area (Å²) in [6.45, 7) is 8.24. The van der Waals surface area contributed by atoms with E-state index in [1.165, 1.54) is 20.8 Å². The predicted molar refractivity (Wildman–Crippen MR) is 100 cm³/mol. The van der Waals surface area contributed by atoms with Crippen LogP contribution in [0.5, 0.6) is 0 Å². The molecular formula is C21H28O10. The van der Waals surface area contributed by atoms with Gasteiger partial charge in [0.05, 0.1) is 22.9 Å². The molecule has 0 aromatic heterocycles. The summed E-state index contributed by atoms with van der Waals surface area (Å²) in [7, 11) is 0. The van der Waals surface area contributed by atoms with Gasteiger partial charge in [-0.3, -0.25) is 19.2 Å². The first kappa shape index (κ1) is 22.0. The molecule has 3 aliphatic heterocycles. The van der Waals surface area contributed by atoms with Crippen molar-refractivity contribution in [3.63, 3.8) is 0 Å². The van der Waals surface area contributed by atoms with E-state index >= 15 is 0 Å². The van der Waals surface area contributed by atoms with E-state index in [0.29, 0.717) is 0 Å². The van der Waals surface area contributed by atoms with Gasteiger partial charge in [0.1, 0.15) is 12.2 Å². The zero-order valence-corrected chi connectivity index (χ0v) is 18.5. The Morgan fingerprint density at radius 3 is 2.16 bits per heavy atom. The summed E-state index contributed by atoms with van der Waals surface area (Å²) in [6.07, 6.45) is -1.25. The Hall–Kier alpha value is -2.20. The Kier molecular flexibility index (Phi) is 4.24. The van der Waals surface area contributed by atoms with E-state index < -0.39 is 63.4 Å². The van der Waals surface area contributed by atoms with Crippen molar-refractivity contribution in [1.82, 2.24) is 0 Å². The van der Waals surface area contributed by atoms with Crippen molar-refractivity contribution in [1.29, 1.82) is 0 Å². The molecule has 0 amide bonds. The molecule has 1 aliphatic carbocycles. The van der Waals surface area contributed by atoms with Gasteiger partial charge in [0.2, 0.25) is 5.79 Å². The summed E-state index contributed by atoms with van der Waals surface area (Å²) in [5, 5.41) is 12.0. The number of hydrogen-bond acceptors (Lipinski definition) is 10. The molecule has 0 radical (unpaired) electrons. The zero-order chi connectivity index (χ0) is 23.3. The number of carbonyl (C=O) groups is 4. The number of cyclic esters (lactones) is 1. The van der Waals surface area contributed by atoms with Gasteiger partial charge in [-0.2, -0.15) is 0 Å². The summed E-state index contributed by atoms with van der Waals surface area (Å²) < 4.78 is 28.9. The molecule has 10 nitrogen and oxygen atoms in total. The molecule has 0 aromatic rings. The fourth-order valence-electron chi connectivity index (χ4n) is 7.04. The largest absolute Gasteiger partial charge is 0.465 e. The molecule has 1 saturated carbocycles. The van der Waals surface area contributed by atoms with E-state index in [4.69, 9.17) is 23.7 Å². The summed E-state index contributed by atoms with van der Waals surface area (Å²) in [4.78, 5) is 49.2. The Morgan fingerprint density at radius 1 is 1.00 bits per heavy atom. The summed E-state index contributed by atoms with van der Waals surface area (Å²) in [5.41, 5.74) is -7.11. The third-order valence-corrected chi connectivity index (χ3v) is 8.32. The van der Waals surface area contributed by atoms with Gasteiger partial charge in [-0.15, -0.1) is 0 Å². The van der Waals surface area contributed by atoms with Crippen molar-refractivity contribution < 1.29 is 48.0 Å². The Labute approximate surface area is 179 Å². The van der Waals surface area contributed by atoms with Crippen LogP contribution in [0.25, 0.3) is 0 Å². The first-order valence-corrected chi connectivity index (χ1v) is 10.3. The first-order chi connectivity index (χ1) is 14.1. The average molecular weight is 440 g/mol. The average Bonchev–Trinajstić information content (AvgIpc) is 3.00. The maximum atomic E-state index is 12.9. The summed E-state index contributed by atoms with van der Waals surface area (Å²) >= 11 is 0. The van der Waals surface area contributed by atoms with Crippen LogP contribution in [0.3, 0.4) is 0 Å². The van der Waals surface area contributed by atoms with Crippen LogP contribution in [-0.4, -0.2) is 64.3 Å². The molecule has 3 saturated heterocycles. The Bertz CT molecular complexity index is 901. The van der Waals surface area contributed by atoms with Crippen LogP contribution in [0.1, 0.15) is 60.8 Å². The normalized spacial score (nSPS) is 49.6. The molecule has 172 valence electrons. The second-order valence-corrected chi connectivity index (χ2v) is 9.71. The van der Waals surface area contributed by atoms with Crippen LogP contribution in [0.2, 0.25) is 0 Å². The van der Waals surface area contributed by atoms with Gasteiger partial charge in [-0.1, -0.05) is 0 Å². The Balaban J connectivity index is 2.07. The van der Waals surface area contributed by atoms with E-state index in [2.05, 4.69) is 0 Å². The first-order valence-electron chi connectivity index (χ1n) is 10.3. The zero-order valence-electron chi connectivity index (χ0n) is 18.5. The number of carbonyl (C=O) groups excluding carboxylic acids is 4. The topological polar surface area (TPSA) is 135 Å². The van der Waals surface area contributed by atoms with Crippen molar-refractivity contribution >= 4 is 23.9 Å². The van der Waals surface area contributed by atoms with Crippen LogP contribution in [-0.2, 0) is 42.9 Å². The lowest BCUT2D eigenvalue weighted by atomic mass is 9.46. The van der Waals surface area contributed by atoms with Crippen molar-refractivity contribution in [2.24, 2.45) is 10.8 Å². The molecule has 4 aliphatic rings. The number of hydrogen-bond donors (Lipinski definition) is 1. The molecule has 4 fully saturated rings. The van der Waals surface area contributed by atoms with Crippen molar-refractivity contribution in [2.75, 3.05) is 6.61 Å². The third-order valence-electron chi connectivity index (χ3n) is 8.32.